The van der Waals surface area contributed by atoms with E-state index >= 15 is 0 Å². The van der Waals surface area contributed by atoms with Crippen LogP contribution in [0.15, 0.2) is 24.4 Å². The Hall–Kier alpha value is -2.50. The molecule has 0 atom stereocenters. The smallest absolute Gasteiger partial charge is 0.271 e. The summed E-state index contributed by atoms with van der Waals surface area (Å²) in [6.07, 6.45) is 2.28. The minimum atomic E-state index is -0.458. The lowest BCUT2D eigenvalue weighted by Crippen LogP contribution is -1.99. The lowest BCUT2D eigenvalue weighted by molar-refractivity contribution is -0.384. The Morgan fingerprint density at radius 3 is 2.67 bits per heavy atom. The second-order valence-electron chi connectivity index (χ2n) is 3.96. The van der Waals surface area contributed by atoms with Crippen molar-refractivity contribution in [1.82, 2.24) is 9.78 Å². The number of nitrogens with zero attached hydrogens (tertiary/aromatic N) is 3. The van der Waals surface area contributed by atoms with Gasteiger partial charge in [-0.05, 0) is 19.4 Å². The number of rotatable bonds is 3. The number of non-ortho nitro benzene ring substituents is 1. The molecule has 1 aromatic heterocycles. The van der Waals surface area contributed by atoms with Crippen molar-refractivity contribution in [2.45, 2.75) is 13.8 Å². The largest absolute Gasteiger partial charge is 0.298 e. The molecule has 0 bridgehead atoms. The quantitative estimate of drug-likeness (QED) is 0.472. The van der Waals surface area contributed by atoms with Crippen LogP contribution in [0.2, 0.25) is 0 Å². The zero-order valence-corrected chi connectivity index (χ0v) is 9.95. The topological polar surface area (TPSA) is 78.0 Å². The van der Waals surface area contributed by atoms with E-state index in [-0.39, 0.29) is 5.69 Å². The van der Waals surface area contributed by atoms with Gasteiger partial charge in [0.2, 0.25) is 0 Å². The van der Waals surface area contributed by atoms with E-state index < -0.39 is 4.92 Å². The number of hydrogen-bond donors (Lipinski definition) is 0. The molecule has 0 unspecified atom stereocenters. The molecule has 6 heteroatoms. The summed E-state index contributed by atoms with van der Waals surface area (Å²) in [4.78, 5) is 21.1. The van der Waals surface area contributed by atoms with E-state index in [1.165, 1.54) is 16.8 Å². The number of hydrogen-bond acceptors (Lipinski definition) is 4. The molecule has 0 fully saturated rings. The fourth-order valence-corrected chi connectivity index (χ4v) is 1.67. The van der Waals surface area contributed by atoms with E-state index in [0.717, 1.165) is 5.56 Å². The van der Waals surface area contributed by atoms with Gasteiger partial charge < -0.3 is 0 Å². The third-order valence-electron chi connectivity index (χ3n) is 2.71. The van der Waals surface area contributed by atoms with Gasteiger partial charge in [-0.15, -0.1) is 0 Å². The van der Waals surface area contributed by atoms with Crippen molar-refractivity contribution in [1.29, 1.82) is 0 Å². The molecule has 0 N–H and O–H groups in total. The van der Waals surface area contributed by atoms with Crippen molar-refractivity contribution < 1.29 is 9.72 Å². The summed E-state index contributed by atoms with van der Waals surface area (Å²) in [6, 6.07) is 4.54. The molecule has 6 nitrogen and oxygen atoms in total. The van der Waals surface area contributed by atoms with Gasteiger partial charge in [0.1, 0.15) is 0 Å². The first-order valence-corrected chi connectivity index (χ1v) is 5.30. The molecule has 0 aliphatic rings. The van der Waals surface area contributed by atoms with Gasteiger partial charge >= 0.3 is 0 Å². The highest BCUT2D eigenvalue weighted by Gasteiger charge is 2.12. The molecule has 0 aliphatic heterocycles. The van der Waals surface area contributed by atoms with Crippen LogP contribution in [-0.4, -0.2) is 21.0 Å². The normalized spacial score (nSPS) is 10.3. The minimum absolute atomic E-state index is 0.00333. The maximum atomic E-state index is 10.8. The highest BCUT2D eigenvalue weighted by Crippen LogP contribution is 2.21. The van der Waals surface area contributed by atoms with E-state index in [2.05, 4.69) is 5.10 Å². The van der Waals surface area contributed by atoms with Crippen LogP contribution in [0, 0.1) is 24.0 Å². The Bertz CT molecular complexity index is 631. The lowest BCUT2D eigenvalue weighted by Gasteiger charge is -2.05. The maximum Gasteiger partial charge on any atom is 0.271 e. The van der Waals surface area contributed by atoms with Gasteiger partial charge in [-0.3, -0.25) is 14.9 Å². The van der Waals surface area contributed by atoms with Crippen LogP contribution in [0.5, 0.6) is 0 Å². The van der Waals surface area contributed by atoms with E-state index in [9.17, 15) is 14.9 Å². The first-order chi connectivity index (χ1) is 8.52. The fourth-order valence-electron chi connectivity index (χ4n) is 1.67. The molecule has 1 heterocycles. The Morgan fingerprint density at radius 1 is 1.39 bits per heavy atom. The van der Waals surface area contributed by atoms with Crippen molar-refractivity contribution in [2.75, 3.05) is 0 Å². The molecule has 0 saturated heterocycles. The molecule has 2 aromatic rings. The van der Waals surface area contributed by atoms with Gasteiger partial charge in [-0.2, -0.15) is 5.10 Å². The number of carbonyl (C=O) groups is 1. The molecule has 0 radical (unpaired) electrons. The molecule has 0 spiro atoms. The highest BCUT2D eigenvalue weighted by molar-refractivity contribution is 5.76. The van der Waals surface area contributed by atoms with Crippen molar-refractivity contribution in [2.24, 2.45) is 0 Å². The van der Waals surface area contributed by atoms with Crippen molar-refractivity contribution in [3.8, 4) is 5.69 Å². The molecule has 18 heavy (non-hydrogen) atoms. The standard InChI is InChI=1S/C12H11N3O3/c1-8-3-4-11(15(17)18)5-12(8)14-6-10(7-16)9(2)13-14/h3-7H,1-2H3. The summed E-state index contributed by atoms with van der Waals surface area (Å²) in [5.74, 6) is 0. The second kappa shape index (κ2) is 4.40. The molecule has 0 saturated carbocycles. The van der Waals surface area contributed by atoms with Crippen molar-refractivity contribution >= 4 is 12.0 Å². The van der Waals surface area contributed by atoms with Crippen LogP contribution in [0.3, 0.4) is 0 Å². The Balaban J connectivity index is 2.58. The van der Waals surface area contributed by atoms with Gasteiger partial charge in [0.05, 0.1) is 21.9 Å². The number of aromatic nitrogens is 2. The molecule has 2 rings (SSSR count). The van der Waals surface area contributed by atoms with Gasteiger partial charge in [-0.1, -0.05) is 6.07 Å². The molecule has 1 aromatic carbocycles. The highest BCUT2D eigenvalue weighted by atomic mass is 16.6. The van der Waals surface area contributed by atoms with Crippen LogP contribution in [0.1, 0.15) is 21.6 Å². The lowest BCUT2D eigenvalue weighted by atomic mass is 10.2. The van der Waals surface area contributed by atoms with Gasteiger partial charge in [0.15, 0.2) is 6.29 Å². The number of aldehydes is 1. The van der Waals surface area contributed by atoms with E-state index in [1.807, 2.05) is 6.92 Å². The van der Waals surface area contributed by atoms with Crippen LogP contribution in [-0.2, 0) is 0 Å². The van der Waals surface area contributed by atoms with Crippen LogP contribution in [0.25, 0.3) is 5.69 Å². The fraction of sp³-hybridized carbons (Fsp3) is 0.167. The van der Waals surface area contributed by atoms with Crippen molar-refractivity contribution in [3.63, 3.8) is 0 Å². The van der Waals surface area contributed by atoms with E-state index in [1.54, 1.807) is 19.2 Å². The summed E-state index contributed by atoms with van der Waals surface area (Å²) >= 11 is 0. The summed E-state index contributed by atoms with van der Waals surface area (Å²) in [5, 5.41) is 14.9. The third kappa shape index (κ3) is 2.00. The second-order valence-corrected chi connectivity index (χ2v) is 3.96. The first-order valence-electron chi connectivity index (χ1n) is 5.30. The van der Waals surface area contributed by atoms with Crippen LogP contribution in [0.4, 0.5) is 5.69 Å². The Labute approximate surface area is 103 Å². The number of nitro groups is 1. The number of carbonyl (C=O) groups excluding carboxylic acids is 1. The predicted octanol–water partition coefficient (Wildman–Crippen LogP) is 2.21. The maximum absolute atomic E-state index is 10.8. The molecular formula is C12H11N3O3. The van der Waals surface area contributed by atoms with Gasteiger partial charge in [0, 0.05) is 18.3 Å². The predicted molar refractivity (Wildman–Crippen MR) is 65.1 cm³/mol. The SMILES string of the molecule is Cc1ccc([N+](=O)[O-])cc1-n1cc(C=O)c(C)n1. The zero-order chi connectivity index (χ0) is 13.3. The average Bonchev–Trinajstić information content (AvgIpc) is 2.70. The third-order valence-corrected chi connectivity index (χ3v) is 2.71. The Morgan fingerprint density at radius 2 is 2.11 bits per heavy atom. The zero-order valence-electron chi connectivity index (χ0n) is 9.95. The first kappa shape index (κ1) is 12.0. The Kier molecular flexibility index (Phi) is 2.93. The summed E-state index contributed by atoms with van der Waals surface area (Å²) in [5.41, 5.74) is 2.51. The van der Waals surface area contributed by atoms with E-state index in [0.29, 0.717) is 23.2 Å². The average molecular weight is 245 g/mol. The molecule has 0 amide bonds. The van der Waals surface area contributed by atoms with Crippen molar-refractivity contribution in [3.05, 3.63) is 51.3 Å². The minimum Gasteiger partial charge on any atom is -0.298 e. The molecular weight excluding hydrogens is 234 g/mol. The van der Waals surface area contributed by atoms with Crippen LogP contribution >= 0.6 is 0 Å². The summed E-state index contributed by atoms with van der Waals surface area (Å²) in [7, 11) is 0. The number of nitro benzene ring substituents is 1. The van der Waals surface area contributed by atoms with Gasteiger partial charge in [0.25, 0.3) is 5.69 Å². The molecule has 0 aliphatic carbocycles. The summed E-state index contributed by atoms with van der Waals surface area (Å²) < 4.78 is 1.49. The number of benzene rings is 1. The van der Waals surface area contributed by atoms with Gasteiger partial charge in [-0.25, -0.2) is 4.68 Å². The monoisotopic (exact) mass is 245 g/mol. The molecule has 92 valence electrons. The van der Waals surface area contributed by atoms with Crippen LogP contribution < -0.4 is 0 Å². The summed E-state index contributed by atoms with van der Waals surface area (Å²) in [6.45, 7) is 3.55. The van der Waals surface area contributed by atoms with E-state index in [4.69, 9.17) is 0 Å². The number of aryl methyl sites for hydroxylation is 2.